The summed E-state index contributed by atoms with van der Waals surface area (Å²) >= 11 is 0. The van der Waals surface area contributed by atoms with E-state index in [0.29, 0.717) is 6.10 Å². The summed E-state index contributed by atoms with van der Waals surface area (Å²) in [6, 6.07) is 0. The van der Waals surface area contributed by atoms with Gasteiger partial charge in [0, 0.05) is 6.61 Å². The Labute approximate surface area is 94.6 Å². The number of ether oxygens (including phenoxy) is 1. The second-order valence-electron chi connectivity index (χ2n) is 5.73. The molecule has 5 unspecified atom stereocenters. The quantitative estimate of drug-likeness (QED) is 0.626. The fourth-order valence-corrected chi connectivity index (χ4v) is 3.65. The molecule has 0 saturated heterocycles. The predicted molar refractivity (Wildman–Crippen MR) is 63.8 cm³/mol. The molecule has 5 atom stereocenters. The largest absolute Gasteiger partial charge is 0.378 e. The molecule has 2 fully saturated rings. The van der Waals surface area contributed by atoms with E-state index in [2.05, 4.69) is 20.8 Å². The first-order valence-electron chi connectivity index (χ1n) is 6.85. The minimum absolute atomic E-state index is 0.609. The SMILES string of the molecule is CCCCCOC1CC2CC1C(C)C2C. The van der Waals surface area contributed by atoms with E-state index in [0.717, 1.165) is 30.3 Å². The van der Waals surface area contributed by atoms with E-state index in [-0.39, 0.29) is 0 Å². The van der Waals surface area contributed by atoms with Gasteiger partial charge in [-0.1, -0.05) is 33.6 Å². The first-order valence-corrected chi connectivity index (χ1v) is 6.85. The van der Waals surface area contributed by atoms with E-state index in [4.69, 9.17) is 4.74 Å². The second kappa shape index (κ2) is 4.86. The highest BCUT2D eigenvalue weighted by atomic mass is 16.5. The van der Waals surface area contributed by atoms with Gasteiger partial charge in [0.2, 0.25) is 0 Å². The molecule has 1 nitrogen and oxygen atoms in total. The summed E-state index contributed by atoms with van der Waals surface area (Å²) in [4.78, 5) is 0. The van der Waals surface area contributed by atoms with Crippen molar-refractivity contribution >= 4 is 0 Å². The van der Waals surface area contributed by atoms with Crippen LogP contribution >= 0.6 is 0 Å². The van der Waals surface area contributed by atoms with Crippen molar-refractivity contribution in [3.05, 3.63) is 0 Å². The van der Waals surface area contributed by atoms with Gasteiger partial charge in [0.1, 0.15) is 0 Å². The highest BCUT2D eigenvalue weighted by Crippen LogP contribution is 2.52. The van der Waals surface area contributed by atoms with E-state index in [1.54, 1.807) is 0 Å². The Kier molecular flexibility index (Phi) is 3.71. The van der Waals surface area contributed by atoms with Gasteiger partial charge < -0.3 is 4.74 Å². The van der Waals surface area contributed by atoms with Crippen LogP contribution in [0.4, 0.5) is 0 Å². The Morgan fingerprint density at radius 3 is 2.47 bits per heavy atom. The topological polar surface area (TPSA) is 9.23 Å². The molecule has 0 heterocycles. The van der Waals surface area contributed by atoms with Crippen molar-refractivity contribution < 1.29 is 4.74 Å². The van der Waals surface area contributed by atoms with Crippen LogP contribution in [-0.4, -0.2) is 12.7 Å². The molecular weight excluding hydrogens is 184 g/mol. The molecule has 15 heavy (non-hydrogen) atoms. The van der Waals surface area contributed by atoms with Crippen molar-refractivity contribution in [1.82, 2.24) is 0 Å². The summed E-state index contributed by atoms with van der Waals surface area (Å²) in [5, 5.41) is 0. The molecule has 0 spiro atoms. The lowest BCUT2D eigenvalue weighted by Gasteiger charge is -2.31. The highest BCUT2D eigenvalue weighted by molar-refractivity contribution is 4.98. The summed E-state index contributed by atoms with van der Waals surface area (Å²) in [5.74, 6) is 3.71. The Morgan fingerprint density at radius 2 is 1.87 bits per heavy atom. The van der Waals surface area contributed by atoms with Crippen molar-refractivity contribution in [2.75, 3.05) is 6.61 Å². The van der Waals surface area contributed by atoms with Gasteiger partial charge in [0.25, 0.3) is 0 Å². The molecule has 0 aliphatic heterocycles. The molecule has 2 aliphatic rings. The zero-order chi connectivity index (χ0) is 10.8. The third-order valence-electron chi connectivity index (χ3n) is 4.92. The Morgan fingerprint density at radius 1 is 1.07 bits per heavy atom. The maximum atomic E-state index is 6.06. The first kappa shape index (κ1) is 11.4. The van der Waals surface area contributed by atoms with Gasteiger partial charge in [0.15, 0.2) is 0 Å². The van der Waals surface area contributed by atoms with Gasteiger partial charge in [-0.3, -0.25) is 0 Å². The highest BCUT2D eigenvalue weighted by Gasteiger charge is 2.48. The van der Waals surface area contributed by atoms with Crippen LogP contribution in [0, 0.1) is 23.7 Å². The van der Waals surface area contributed by atoms with Crippen molar-refractivity contribution in [3.63, 3.8) is 0 Å². The third kappa shape index (κ3) is 2.22. The van der Waals surface area contributed by atoms with Crippen LogP contribution in [0.25, 0.3) is 0 Å². The average molecular weight is 210 g/mol. The molecule has 1 heteroatoms. The minimum atomic E-state index is 0.609. The van der Waals surface area contributed by atoms with Crippen LogP contribution in [0.3, 0.4) is 0 Å². The molecular formula is C14H26O. The molecule has 2 saturated carbocycles. The van der Waals surface area contributed by atoms with Crippen LogP contribution in [0.2, 0.25) is 0 Å². The lowest BCUT2D eigenvalue weighted by molar-refractivity contribution is -0.0114. The number of hydrogen-bond donors (Lipinski definition) is 0. The lowest BCUT2D eigenvalue weighted by Crippen LogP contribution is -2.30. The van der Waals surface area contributed by atoms with E-state index in [1.165, 1.54) is 32.1 Å². The van der Waals surface area contributed by atoms with Gasteiger partial charge in [-0.15, -0.1) is 0 Å². The van der Waals surface area contributed by atoms with E-state index in [1.807, 2.05) is 0 Å². The maximum Gasteiger partial charge on any atom is 0.0608 e. The monoisotopic (exact) mass is 210 g/mol. The summed E-state index contributed by atoms with van der Waals surface area (Å²) in [6.45, 7) is 8.11. The van der Waals surface area contributed by atoms with Crippen molar-refractivity contribution in [1.29, 1.82) is 0 Å². The van der Waals surface area contributed by atoms with E-state index in [9.17, 15) is 0 Å². The molecule has 0 N–H and O–H groups in total. The molecule has 88 valence electrons. The zero-order valence-corrected chi connectivity index (χ0v) is 10.5. The number of fused-ring (bicyclic) bond motifs is 2. The smallest absolute Gasteiger partial charge is 0.0608 e. The van der Waals surface area contributed by atoms with Crippen LogP contribution in [0.1, 0.15) is 52.9 Å². The van der Waals surface area contributed by atoms with E-state index >= 15 is 0 Å². The van der Waals surface area contributed by atoms with Crippen molar-refractivity contribution in [2.24, 2.45) is 23.7 Å². The molecule has 0 radical (unpaired) electrons. The van der Waals surface area contributed by atoms with Crippen LogP contribution in [-0.2, 0) is 4.74 Å². The number of rotatable bonds is 5. The van der Waals surface area contributed by atoms with Crippen molar-refractivity contribution in [2.45, 2.75) is 59.0 Å². The summed E-state index contributed by atoms with van der Waals surface area (Å²) < 4.78 is 6.06. The standard InChI is InChI=1S/C14H26O/c1-4-5-6-7-15-14-9-12-8-13(14)11(3)10(12)2/h10-14H,4-9H2,1-3H3. The van der Waals surface area contributed by atoms with Crippen LogP contribution in [0.15, 0.2) is 0 Å². The van der Waals surface area contributed by atoms with E-state index < -0.39 is 0 Å². The second-order valence-corrected chi connectivity index (χ2v) is 5.73. The normalized spacial score (nSPS) is 43.8. The molecule has 2 bridgehead atoms. The minimum Gasteiger partial charge on any atom is -0.378 e. The molecule has 0 amide bonds. The fraction of sp³-hybridized carbons (Fsp3) is 1.00. The molecule has 2 rings (SSSR count). The Hall–Kier alpha value is -0.0400. The Balaban J connectivity index is 1.73. The third-order valence-corrected chi connectivity index (χ3v) is 4.92. The first-order chi connectivity index (χ1) is 7.24. The van der Waals surface area contributed by atoms with Crippen LogP contribution in [0.5, 0.6) is 0 Å². The van der Waals surface area contributed by atoms with Crippen molar-refractivity contribution in [3.8, 4) is 0 Å². The number of unbranched alkanes of at least 4 members (excludes halogenated alkanes) is 2. The Bertz CT molecular complexity index is 200. The van der Waals surface area contributed by atoms with Gasteiger partial charge in [-0.2, -0.15) is 0 Å². The molecule has 0 aromatic carbocycles. The predicted octanol–water partition coefficient (Wildman–Crippen LogP) is 3.87. The summed E-state index contributed by atoms with van der Waals surface area (Å²) in [7, 11) is 0. The summed E-state index contributed by atoms with van der Waals surface area (Å²) in [5.41, 5.74) is 0. The van der Waals surface area contributed by atoms with Crippen LogP contribution < -0.4 is 0 Å². The number of hydrogen-bond acceptors (Lipinski definition) is 1. The maximum absolute atomic E-state index is 6.06. The zero-order valence-electron chi connectivity index (χ0n) is 10.5. The van der Waals surface area contributed by atoms with Gasteiger partial charge in [0.05, 0.1) is 6.10 Å². The fourth-order valence-electron chi connectivity index (χ4n) is 3.65. The lowest BCUT2D eigenvalue weighted by atomic mass is 9.80. The molecule has 0 aromatic heterocycles. The molecule has 2 aliphatic carbocycles. The summed E-state index contributed by atoms with van der Waals surface area (Å²) in [6.07, 6.45) is 7.29. The average Bonchev–Trinajstić information content (AvgIpc) is 2.75. The van der Waals surface area contributed by atoms with Gasteiger partial charge in [-0.25, -0.2) is 0 Å². The molecule has 0 aromatic rings. The van der Waals surface area contributed by atoms with Gasteiger partial charge in [-0.05, 0) is 42.9 Å². The van der Waals surface area contributed by atoms with Gasteiger partial charge >= 0.3 is 0 Å².